The van der Waals surface area contributed by atoms with Crippen LogP contribution >= 0.6 is 0 Å². The quantitative estimate of drug-likeness (QED) is 0.144. The molecule has 32 nitrogen and oxygen atoms in total. The lowest BCUT2D eigenvalue weighted by Gasteiger charge is -2.10. The molecular formula is C72H54N26O6. The lowest BCUT2D eigenvalue weighted by Crippen LogP contribution is -2.19. The van der Waals surface area contributed by atoms with E-state index in [0.717, 1.165) is 89.0 Å². The van der Waals surface area contributed by atoms with Crippen molar-refractivity contribution < 1.29 is 8.83 Å². The Labute approximate surface area is 582 Å². The number of benzene rings is 4. The van der Waals surface area contributed by atoms with Crippen molar-refractivity contribution in [1.82, 2.24) is 126 Å². The van der Waals surface area contributed by atoms with Crippen LogP contribution in [-0.2, 0) is 42.3 Å². The Bertz CT molecular complexity index is 6580. The maximum absolute atomic E-state index is 13.0. The zero-order valence-corrected chi connectivity index (χ0v) is 55.8. The molecule has 0 fully saturated rings. The minimum atomic E-state index is -0.247. The number of pyridine rings is 4. The number of rotatable bonds is 8. The number of imidazole rings is 4. The summed E-state index contributed by atoms with van der Waals surface area (Å²) in [5.41, 5.74) is 19.2. The van der Waals surface area contributed by atoms with Gasteiger partial charge >= 0.3 is 0 Å². The summed E-state index contributed by atoms with van der Waals surface area (Å²) in [7, 11) is 11.2. The average molecular weight is 1380 g/mol. The number of fused-ring (bicyclic) bond motifs is 8. The van der Waals surface area contributed by atoms with Crippen LogP contribution in [0.4, 0.5) is 0 Å². The fourth-order valence-electron chi connectivity index (χ4n) is 12.6. The third kappa shape index (κ3) is 11.1. The van der Waals surface area contributed by atoms with Crippen LogP contribution in [-0.4, -0.2) is 126 Å². The first kappa shape index (κ1) is 62.5. The summed E-state index contributed by atoms with van der Waals surface area (Å²) in [6.45, 7) is 0. The van der Waals surface area contributed by atoms with Crippen molar-refractivity contribution in [3.05, 3.63) is 251 Å². The Kier molecular flexibility index (Phi) is 15.1. The third-order valence-corrected chi connectivity index (χ3v) is 17.6. The normalized spacial score (nSPS) is 11.5. The molecule has 0 bridgehead atoms. The van der Waals surface area contributed by atoms with E-state index >= 15 is 0 Å². The molecule has 20 aromatic rings. The SMILES string of the molecule is Cn1cc(-c2cn(-c3ccc4nc[nH]c4c3)c(=O)c3nccnc23)cn1.Cn1cc(-c2cn(-c3ccc4nc[nH]c4c3)c(=O)c3ncn(C)c23)cn1.Cn1cc(-c2cn(-c3ccc4ocnc4c3)c(=O)c3nccnc23)cn1.Cn1cc(-c2cn(-c3ccc4ocnc4c3)c(=O)c3ncn(C)c23)cn1. The van der Waals surface area contributed by atoms with Crippen molar-refractivity contribution in [1.29, 1.82) is 0 Å². The fraction of sp³-hybridized carbons (Fsp3) is 0.0833. The highest BCUT2D eigenvalue weighted by molar-refractivity contribution is 5.95. The van der Waals surface area contributed by atoms with Crippen LogP contribution in [0.15, 0.2) is 238 Å². The van der Waals surface area contributed by atoms with Gasteiger partial charge in [0.1, 0.15) is 22.1 Å². The van der Waals surface area contributed by atoms with Crippen molar-refractivity contribution in [3.63, 3.8) is 0 Å². The Morgan fingerprint density at radius 3 is 1.04 bits per heavy atom. The molecule has 104 heavy (non-hydrogen) atoms. The molecule has 2 N–H and O–H groups in total. The maximum atomic E-state index is 13.0. The standard InChI is InChI=1S/C18H15N7O.C18H13N7O.C18H14N6O2.C18H12N6O2/c1-23-10-21-16-17(23)13(11-6-22-24(2)7-11)8-25(18(16)26)12-3-4-14-15(5-12)20-9-19-14;1-24-8-11(7-23-24)13-9-25(18(26)17-16(13)19-4-5-20-17)12-2-3-14-15(6-12)22-10-21-14;1-22-9-19-16-17(22)13(11-6-21-23(2)7-11)8-24(18(16)25)12-3-4-15-14(5-12)20-10-26-15;1-23-8-11(7-22-23)13-9-24(18(25)17-16(13)19-4-5-20-17)12-2-3-15-14(6-12)21-10-26-15/h3-10H,1-2H3,(H,19,20);2-10H,1H3,(H,21,22);3-10H,1-2H3;2-10H,1H3. The van der Waals surface area contributed by atoms with Crippen LogP contribution < -0.4 is 22.2 Å². The molecule has 0 atom stereocenters. The van der Waals surface area contributed by atoms with E-state index in [1.54, 1.807) is 130 Å². The molecule has 0 saturated heterocycles. The number of aromatic amines is 2. The van der Waals surface area contributed by atoms with Gasteiger partial charge in [0.2, 0.25) is 0 Å². The number of nitrogens with one attached hydrogen (secondary N) is 2. The van der Waals surface area contributed by atoms with Gasteiger partial charge in [-0.25, -0.2) is 39.9 Å². The van der Waals surface area contributed by atoms with Gasteiger partial charge in [0.05, 0.1) is 106 Å². The van der Waals surface area contributed by atoms with E-state index in [1.165, 1.54) is 25.2 Å². The van der Waals surface area contributed by atoms with Gasteiger partial charge in [-0.05, 0) is 72.8 Å². The van der Waals surface area contributed by atoms with Gasteiger partial charge in [-0.1, -0.05) is 0 Å². The van der Waals surface area contributed by atoms with Crippen molar-refractivity contribution >= 4 is 88.4 Å². The van der Waals surface area contributed by atoms with E-state index < -0.39 is 0 Å². The van der Waals surface area contributed by atoms with Crippen molar-refractivity contribution in [2.75, 3.05) is 0 Å². The molecule has 32 heteroatoms. The molecule has 0 spiro atoms. The maximum Gasteiger partial charge on any atom is 0.283 e. The van der Waals surface area contributed by atoms with Gasteiger partial charge in [0.15, 0.2) is 46.0 Å². The molecule has 508 valence electrons. The molecule has 0 aliphatic heterocycles. The van der Waals surface area contributed by atoms with Crippen LogP contribution in [0.2, 0.25) is 0 Å². The molecule has 0 radical (unpaired) electrons. The summed E-state index contributed by atoms with van der Waals surface area (Å²) in [5, 5.41) is 17.0. The van der Waals surface area contributed by atoms with E-state index in [9.17, 15) is 19.2 Å². The summed E-state index contributed by atoms with van der Waals surface area (Å²) in [6, 6.07) is 22.2. The molecule has 20 rings (SSSR count). The highest BCUT2D eigenvalue weighted by atomic mass is 16.3. The minimum Gasteiger partial charge on any atom is -0.443 e. The molecular weight excluding hydrogens is 1320 g/mol. The topological polar surface area (TPSA) is 356 Å². The van der Waals surface area contributed by atoms with E-state index in [4.69, 9.17) is 8.83 Å². The predicted molar refractivity (Wildman–Crippen MR) is 386 cm³/mol. The van der Waals surface area contributed by atoms with Gasteiger partial charge in [-0.15, -0.1) is 0 Å². The number of aryl methyl sites for hydroxylation is 6. The Morgan fingerprint density at radius 2 is 0.663 bits per heavy atom. The van der Waals surface area contributed by atoms with Gasteiger partial charge in [0.25, 0.3) is 22.2 Å². The number of oxazole rings is 2. The summed E-state index contributed by atoms with van der Waals surface area (Å²) < 4.78 is 27.5. The zero-order chi connectivity index (χ0) is 71.0. The van der Waals surface area contributed by atoms with E-state index in [-0.39, 0.29) is 22.2 Å². The van der Waals surface area contributed by atoms with Gasteiger partial charge in [-0.2, -0.15) is 20.4 Å². The number of aromatic nitrogens is 26. The number of hydrogen-bond acceptors (Lipinski definition) is 20. The van der Waals surface area contributed by atoms with Gasteiger partial charge < -0.3 is 27.9 Å². The Morgan fingerprint density at radius 1 is 0.327 bits per heavy atom. The largest absolute Gasteiger partial charge is 0.443 e. The Hall–Kier alpha value is -15.0. The number of H-pyrrole nitrogens is 2. The average Bonchev–Trinajstić information content (AvgIpc) is 1.55. The van der Waals surface area contributed by atoms with Crippen molar-refractivity contribution in [2.24, 2.45) is 42.3 Å². The Balaban J connectivity index is 0.000000103. The number of hydrogen-bond donors (Lipinski definition) is 2. The highest BCUT2D eigenvalue weighted by Gasteiger charge is 2.22. The summed E-state index contributed by atoms with van der Waals surface area (Å²) in [4.78, 5) is 101. The molecule has 0 unspecified atom stereocenters. The van der Waals surface area contributed by atoms with E-state index in [2.05, 4.69) is 80.2 Å². The predicted octanol–water partition coefficient (Wildman–Crippen LogP) is 8.65. The lowest BCUT2D eigenvalue weighted by molar-refractivity contribution is 0.602. The van der Waals surface area contributed by atoms with Crippen LogP contribution in [0.3, 0.4) is 0 Å². The first-order chi connectivity index (χ1) is 50.6. The smallest absolute Gasteiger partial charge is 0.283 e. The monoisotopic (exact) mass is 1380 g/mol. The molecule has 0 amide bonds. The van der Waals surface area contributed by atoms with Crippen LogP contribution in [0, 0.1) is 0 Å². The highest BCUT2D eigenvalue weighted by Crippen LogP contribution is 2.32. The molecule has 4 aromatic carbocycles. The van der Waals surface area contributed by atoms with Gasteiger partial charge in [-0.3, -0.25) is 66.1 Å². The molecule has 16 aromatic heterocycles. The van der Waals surface area contributed by atoms with E-state index in [0.29, 0.717) is 66.7 Å². The summed E-state index contributed by atoms with van der Waals surface area (Å²) in [6.07, 6.45) is 37.4. The lowest BCUT2D eigenvalue weighted by atomic mass is 10.1. The summed E-state index contributed by atoms with van der Waals surface area (Å²) in [5.74, 6) is 0. The van der Waals surface area contributed by atoms with Gasteiger partial charge in [0, 0.05) is 161 Å². The molecule has 0 aliphatic carbocycles. The number of nitrogens with zero attached hydrogens (tertiary/aromatic N) is 24. The molecule has 0 saturated carbocycles. The first-order valence-electron chi connectivity index (χ1n) is 32.0. The van der Waals surface area contributed by atoms with E-state index in [1.807, 2.05) is 143 Å². The first-order valence-corrected chi connectivity index (χ1v) is 32.0. The van der Waals surface area contributed by atoms with Crippen LogP contribution in [0.5, 0.6) is 0 Å². The summed E-state index contributed by atoms with van der Waals surface area (Å²) >= 11 is 0. The van der Waals surface area contributed by atoms with Crippen LogP contribution in [0.25, 0.3) is 156 Å². The third-order valence-electron chi connectivity index (χ3n) is 17.6. The second-order valence-corrected chi connectivity index (χ2v) is 24.3. The second-order valence-electron chi connectivity index (χ2n) is 24.3. The second kappa shape index (κ2) is 25.1. The minimum absolute atomic E-state index is 0.160. The van der Waals surface area contributed by atoms with Crippen LogP contribution in [0.1, 0.15) is 0 Å². The molecule has 16 heterocycles. The molecule has 0 aliphatic rings. The fourth-order valence-corrected chi connectivity index (χ4v) is 12.6. The van der Waals surface area contributed by atoms with Crippen molar-refractivity contribution in [2.45, 2.75) is 0 Å². The zero-order valence-electron chi connectivity index (χ0n) is 55.8. The van der Waals surface area contributed by atoms with Crippen molar-refractivity contribution in [3.8, 4) is 67.3 Å².